The van der Waals surface area contributed by atoms with Crippen molar-refractivity contribution in [2.45, 2.75) is 56.2 Å². The molecule has 0 amide bonds. The molecule has 0 radical (unpaired) electrons. The summed E-state index contributed by atoms with van der Waals surface area (Å²) in [6.45, 7) is 0. The highest BCUT2D eigenvalue weighted by Gasteiger charge is 2.41. The van der Waals surface area contributed by atoms with E-state index in [1.54, 1.807) is 24.0 Å². The van der Waals surface area contributed by atoms with Crippen LogP contribution >= 0.6 is 15.9 Å². The van der Waals surface area contributed by atoms with Crippen LogP contribution < -0.4 is 0 Å². The third kappa shape index (κ3) is 2.36. The summed E-state index contributed by atoms with van der Waals surface area (Å²) in [5.41, 5.74) is 3.17. The van der Waals surface area contributed by atoms with E-state index in [2.05, 4.69) is 40.2 Å². The molecule has 0 saturated heterocycles. The Balaban J connectivity index is 1.51. The van der Waals surface area contributed by atoms with Crippen molar-refractivity contribution in [3.63, 3.8) is 0 Å². The van der Waals surface area contributed by atoms with Gasteiger partial charge in [-0.1, -0.05) is 46.6 Å². The second-order valence-electron chi connectivity index (χ2n) is 7.42. The molecule has 4 rings (SSSR count). The maximum Gasteiger partial charge on any atom is 0.0426 e. The Morgan fingerprint density at radius 3 is 2.70 bits per heavy atom. The topological polar surface area (TPSA) is 0 Å². The first-order chi connectivity index (χ1) is 9.81. The Hall–Kier alpha value is -0.300. The van der Waals surface area contributed by atoms with E-state index < -0.39 is 0 Å². The van der Waals surface area contributed by atoms with E-state index in [4.69, 9.17) is 0 Å². The second-order valence-corrected chi connectivity index (χ2v) is 8.41. The summed E-state index contributed by atoms with van der Waals surface area (Å²) in [5.74, 6) is 4.09. The molecule has 20 heavy (non-hydrogen) atoms. The molecule has 0 aromatic heterocycles. The number of fused-ring (bicyclic) bond motifs is 3. The smallest absolute Gasteiger partial charge is 0.0426 e. The fraction of sp³-hybridized carbons (Fsp3) is 0.684. The summed E-state index contributed by atoms with van der Waals surface area (Å²) in [6, 6.07) is 9.11. The molecule has 0 N–H and O–H groups in total. The van der Waals surface area contributed by atoms with Crippen LogP contribution in [0.5, 0.6) is 0 Å². The quantitative estimate of drug-likeness (QED) is 0.467. The van der Waals surface area contributed by atoms with Gasteiger partial charge in [0.1, 0.15) is 0 Å². The molecule has 1 aromatic carbocycles. The van der Waals surface area contributed by atoms with Crippen molar-refractivity contribution >= 4 is 15.9 Å². The van der Waals surface area contributed by atoms with E-state index in [0.29, 0.717) is 4.83 Å². The first kappa shape index (κ1) is 13.4. The van der Waals surface area contributed by atoms with E-state index >= 15 is 0 Å². The van der Waals surface area contributed by atoms with Crippen molar-refractivity contribution in [2.24, 2.45) is 23.7 Å². The predicted molar refractivity (Wildman–Crippen MR) is 88.1 cm³/mol. The molecule has 2 fully saturated rings. The molecule has 2 bridgehead atoms. The van der Waals surface area contributed by atoms with Gasteiger partial charge in [0.15, 0.2) is 0 Å². The second kappa shape index (κ2) is 5.48. The molecule has 2 saturated carbocycles. The minimum atomic E-state index is 0.598. The zero-order valence-electron chi connectivity index (χ0n) is 12.2. The SMILES string of the molecule is BrC1c2ccccc2CCCC1CC1CC2CCC1C2. The van der Waals surface area contributed by atoms with Gasteiger partial charge in [-0.15, -0.1) is 0 Å². The molecule has 0 spiro atoms. The maximum atomic E-state index is 4.06. The molecule has 5 atom stereocenters. The van der Waals surface area contributed by atoms with Gasteiger partial charge >= 0.3 is 0 Å². The van der Waals surface area contributed by atoms with Crippen LogP contribution in [0.15, 0.2) is 24.3 Å². The van der Waals surface area contributed by atoms with Crippen molar-refractivity contribution in [3.05, 3.63) is 35.4 Å². The van der Waals surface area contributed by atoms with Crippen LogP contribution in [-0.4, -0.2) is 0 Å². The van der Waals surface area contributed by atoms with Crippen molar-refractivity contribution in [1.29, 1.82) is 0 Å². The summed E-state index contributed by atoms with van der Waals surface area (Å²) in [5, 5.41) is 0. The normalized spacial score (nSPS) is 39.5. The van der Waals surface area contributed by atoms with E-state index in [-0.39, 0.29) is 0 Å². The number of benzene rings is 1. The highest BCUT2D eigenvalue weighted by Crippen LogP contribution is 2.53. The van der Waals surface area contributed by atoms with Gasteiger partial charge < -0.3 is 0 Å². The van der Waals surface area contributed by atoms with Crippen LogP contribution in [0.25, 0.3) is 0 Å². The van der Waals surface area contributed by atoms with Crippen LogP contribution in [0.2, 0.25) is 0 Å². The lowest BCUT2D eigenvalue weighted by molar-refractivity contribution is 0.258. The molecular formula is C19H25Br. The van der Waals surface area contributed by atoms with Crippen molar-refractivity contribution in [1.82, 2.24) is 0 Å². The molecule has 3 aliphatic rings. The molecule has 1 aromatic rings. The summed E-state index contributed by atoms with van der Waals surface area (Å²) in [7, 11) is 0. The van der Waals surface area contributed by atoms with Gasteiger partial charge in [0.2, 0.25) is 0 Å². The van der Waals surface area contributed by atoms with Crippen molar-refractivity contribution < 1.29 is 0 Å². The Labute approximate surface area is 131 Å². The van der Waals surface area contributed by atoms with E-state index in [9.17, 15) is 0 Å². The zero-order valence-corrected chi connectivity index (χ0v) is 13.8. The van der Waals surface area contributed by atoms with E-state index in [1.165, 1.54) is 38.5 Å². The standard InChI is InChI=1S/C19H25Br/c20-19-16(12-17-11-13-8-9-15(17)10-13)6-3-5-14-4-1-2-7-18(14)19/h1-2,4,7,13,15-17,19H,3,5-6,8-12H2. The molecule has 3 aliphatic carbocycles. The number of aryl methyl sites for hydroxylation is 1. The average molecular weight is 333 g/mol. The van der Waals surface area contributed by atoms with Gasteiger partial charge in [0.05, 0.1) is 0 Å². The lowest BCUT2D eigenvalue weighted by atomic mass is 9.79. The van der Waals surface area contributed by atoms with Crippen molar-refractivity contribution in [2.75, 3.05) is 0 Å². The van der Waals surface area contributed by atoms with E-state index in [1.807, 2.05) is 0 Å². The number of hydrogen-bond acceptors (Lipinski definition) is 0. The monoisotopic (exact) mass is 332 g/mol. The van der Waals surface area contributed by atoms with Crippen LogP contribution in [0.1, 0.15) is 60.9 Å². The van der Waals surface area contributed by atoms with Gasteiger partial charge in [-0.25, -0.2) is 0 Å². The minimum Gasteiger partial charge on any atom is -0.0836 e. The fourth-order valence-electron chi connectivity index (χ4n) is 5.28. The highest BCUT2D eigenvalue weighted by molar-refractivity contribution is 9.09. The molecule has 0 heterocycles. The summed E-state index contributed by atoms with van der Waals surface area (Å²) in [4.78, 5) is 0.598. The van der Waals surface area contributed by atoms with E-state index in [0.717, 1.165) is 23.7 Å². The van der Waals surface area contributed by atoms with Gasteiger partial charge in [0, 0.05) is 4.83 Å². The van der Waals surface area contributed by atoms with Crippen molar-refractivity contribution in [3.8, 4) is 0 Å². The largest absolute Gasteiger partial charge is 0.0836 e. The molecular weight excluding hydrogens is 308 g/mol. The Kier molecular flexibility index (Phi) is 3.66. The number of halogens is 1. The van der Waals surface area contributed by atoms with Crippen LogP contribution in [-0.2, 0) is 6.42 Å². The minimum absolute atomic E-state index is 0.598. The van der Waals surface area contributed by atoms with Gasteiger partial charge in [-0.3, -0.25) is 0 Å². The Morgan fingerprint density at radius 2 is 1.90 bits per heavy atom. The molecule has 0 nitrogen and oxygen atoms in total. The number of alkyl halides is 1. The van der Waals surface area contributed by atoms with Gasteiger partial charge in [0.25, 0.3) is 0 Å². The third-order valence-electron chi connectivity index (χ3n) is 6.28. The van der Waals surface area contributed by atoms with Crippen LogP contribution in [0, 0.1) is 23.7 Å². The Morgan fingerprint density at radius 1 is 1.00 bits per heavy atom. The number of hydrogen-bond donors (Lipinski definition) is 0. The van der Waals surface area contributed by atoms with Gasteiger partial charge in [-0.2, -0.15) is 0 Å². The first-order valence-electron chi connectivity index (χ1n) is 8.53. The van der Waals surface area contributed by atoms with Gasteiger partial charge in [-0.05, 0) is 79.7 Å². The number of rotatable bonds is 2. The zero-order chi connectivity index (χ0) is 13.5. The van der Waals surface area contributed by atoms with Crippen LogP contribution in [0.3, 0.4) is 0 Å². The summed E-state index contributed by atoms with van der Waals surface area (Å²) in [6.07, 6.45) is 11.7. The predicted octanol–water partition coefficient (Wildman–Crippen LogP) is 5.90. The highest BCUT2D eigenvalue weighted by atomic mass is 79.9. The Bertz CT molecular complexity index is 480. The third-order valence-corrected chi connectivity index (χ3v) is 7.52. The molecule has 108 valence electrons. The lowest BCUT2D eigenvalue weighted by Crippen LogP contribution is -2.17. The summed E-state index contributed by atoms with van der Waals surface area (Å²) >= 11 is 4.06. The lowest BCUT2D eigenvalue weighted by Gasteiger charge is -2.29. The average Bonchev–Trinajstić information content (AvgIpc) is 3.04. The fourth-order valence-corrected chi connectivity index (χ4v) is 6.20. The molecule has 0 aliphatic heterocycles. The molecule has 1 heteroatoms. The summed E-state index contributed by atoms with van der Waals surface area (Å²) < 4.78 is 0. The molecule has 5 unspecified atom stereocenters. The first-order valence-corrected chi connectivity index (χ1v) is 9.44. The van der Waals surface area contributed by atoms with Crippen LogP contribution in [0.4, 0.5) is 0 Å². The maximum absolute atomic E-state index is 4.06.